The van der Waals surface area contributed by atoms with E-state index in [9.17, 15) is 19.2 Å². The molecule has 2 heterocycles. The van der Waals surface area contributed by atoms with Gasteiger partial charge < -0.3 is 19.7 Å². The van der Waals surface area contributed by atoms with Crippen LogP contribution in [0.2, 0.25) is 0 Å². The molecule has 0 spiro atoms. The lowest BCUT2D eigenvalue weighted by Gasteiger charge is -2.25. The Bertz CT molecular complexity index is 431. The van der Waals surface area contributed by atoms with Gasteiger partial charge in [0.05, 0.1) is 14.2 Å². The van der Waals surface area contributed by atoms with Gasteiger partial charge in [-0.1, -0.05) is 23.4 Å². The van der Waals surface area contributed by atoms with Gasteiger partial charge in [0.15, 0.2) is 0 Å². The largest absolute Gasteiger partial charge is 0.468 e. The zero-order chi connectivity index (χ0) is 19.1. The quantitative estimate of drug-likeness (QED) is 0.530. The van der Waals surface area contributed by atoms with Crippen molar-refractivity contribution in [3.05, 3.63) is 0 Å². The van der Waals surface area contributed by atoms with Crippen LogP contribution >= 0.6 is 15.9 Å². The number of carbonyl (C=O) groups excluding carboxylic acids is 4. The van der Waals surface area contributed by atoms with E-state index in [0.29, 0.717) is 13.0 Å². The fourth-order valence-corrected chi connectivity index (χ4v) is 2.26. The molecule has 0 aliphatic carbocycles. The number of methoxy groups -OCH3 is 2. The normalized spacial score (nSPS) is 15.7. The van der Waals surface area contributed by atoms with E-state index in [1.165, 1.54) is 14.2 Å². The molecular weight excluding hydrogens is 408 g/mol. The van der Waals surface area contributed by atoms with Gasteiger partial charge in [0.1, 0.15) is 11.9 Å². The highest BCUT2D eigenvalue weighted by molar-refractivity contribution is 9.09. The summed E-state index contributed by atoms with van der Waals surface area (Å²) in [6.45, 7) is 1.68. The molecule has 2 rings (SSSR count). The Morgan fingerprint density at radius 3 is 2.00 bits per heavy atom. The first-order valence-corrected chi connectivity index (χ1v) is 9.30. The Labute approximate surface area is 164 Å². The van der Waals surface area contributed by atoms with Crippen LogP contribution in [0.4, 0.5) is 0 Å². The minimum atomic E-state index is -0.342. The highest BCUT2D eigenvalue weighted by atomic mass is 79.9. The summed E-state index contributed by atoms with van der Waals surface area (Å²) in [5.74, 6) is -0.307. The van der Waals surface area contributed by atoms with E-state index in [0.717, 1.165) is 38.6 Å². The van der Waals surface area contributed by atoms with Crippen LogP contribution in [0.5, 0.6) is 0 Å². The number of hydrogen-bond donors (Lipinski definition) is 1. The summed E-state index contributed by atoms with van der Waals surface area (Å²) in [5.41, 5.74) is 0. The third-order valence-corrected chi connectivity index (χ3v) is 3.92. The van der Waals surface area contributed by atoms with Gasteiger partial charge in [0.25, 0.3) is 0 Å². The molecule has 0 atom stereocenters. The number of amides is 2. The molecule has 2 amide bonds. The predicted octanol–water partition coefficient (Wildman–Crippen LogP) is 1.65. The van der Waals surface area contributed by atoms with Crippen molar-refractivity contribution in [1.29, 1.82) is 0 Å². The van der Waals surface area contributed by atoms with Crippen molar-refractivity contribution >= 4 is 39.7 Å². The van der Waals surface area contributed by atoms with E-state index < -0.39 is 0 Å². The summed E-state index contributed by atoms with van der Waals surface area (Å²) in [6, 6.07) is 0. The first-order valence-electron chi connectivity index (χ1n) is 8.18. The lowest BCUT2D eigenvalue weighted by molar-refractivity contribution is -0.148. The average molecular weight is 439 g/mol. The number of likely N-dealkylation sites (tertiary alicyclic amines) is 1. The van der Waals surface area contributed by atoms with Crippen LogP contribution in [0.3, 0.4) is 0 Å². The van der Waals surface area contributed by atoms with E-state index in [-0.39, 0.29) is 43.1 Å². The predicted molar refractivity (Wildman–Crippen MR) is 102 cm³/mol. The number of halogens is 1. The molecular formula is C17H31BrN2O6. The van der Waals surface area contributed by atoms with Crippen molar-refractivity contribution in [3.63, 3.8) is 0 Å². The van der Waals surface area contributed by atoms with Crippen LogP contribution in [0.1, 0.15) is 46.0 Å². The lowest BCUT2D eigenvalue weighted by atomic mass is 10.1. The molecule has 2 saturated heterocycles. The van der Waals surface area contributed by atoms with Gasteiger partial charge in [-0.25, -0.2) is 0 Å². The average Bonchev–Trinajstić information content (AvgIpc) is 2.64. The van der Waals surface area contributed by atoms with Gasteiger partial charge in [-0.2, -0.15) is 0 Å². The molecule has 0 aromatic carbocycles. The Kier molecular flexibility index (Phi) is 17.2. The summed E-state index contributed by atoms with van der Waals surface area (Å²) in [5, 5.41) is 3.02. The van der Waals surface area contributed by atoms with Gasteiger partial charge in [0, 0.05) is 25.9 Å². The van der Waals surface area contributed by atoms with Gasteiger partial charge in [-0.05, 0) is 25.7 Å². The SMILES string of the molecule is C.COC(=O)CBr.COC(=O)CN1CCCCC1=O.O=C1CCCCN1. The second-order valence-electron chi connectivity index (χ2n) is 5.37. The maximum Gasteiger partial charge on any atom is 0.325 e. The van der Waals surface area contributed by atoms with Gasteiger partial charge in [-0.3, -0.25) is 19.2 Å². The number of carbonyl (C=O) groups is 4. The van der Waals surface area contributed by atoms with Crippen LogP contribution in [0, 0.1) is 0 Å². The van der Waals surface area contributed by atoms with E-state index in [1.807, 2.05) is 0 Å². The Morgan fingerprint density at radius 1 is 1.04 bits per heavy atom. The molecule has 2 fully saturated rings. The minimum absolute atomic E-state index is 0. The van der Waals surface area contributed by atoms with E-state index >= 15 is 0 Å². The molecule has 9 heteroatoms. The van der Waals surface area contributed by atoms with Crippen LogP contribution < -0.4 is 5.32 Å². The smallest absolute Gasteiger partial charge is 0.325 e. The fourth-order valence-electron chi connectivity index (χ4n) is 2.03. The van der Waals surface area contributed by atoms with Crippen LogP contribution in [0.25, 0.3) is 0 Å². The number of esters is 2. The van der Waals surface area contributed by atoms with E-state index in [1.54, 1.807) is 4.90 Å². The van der Waals surface area contributed by atoms with Crippen molar-refractivity contribution in [2.24, 2.45) is 0 Å². The molecule has 1 N–H and O–H groups in total. The van der Waals surface area contributed by atoms with Crippen molar-refractivity contribution in [3.8, 4) is 0 Å². The molecule has 26 heavy (non-hydrogen) atoms. The Hall–Kier alpha value is -1.64. The number of ether oxygens (including phenoxy) is 2. The summed E-state index contributed by atoms with van der Waals surface area (Å²) in [4.78, 5) is 43.8. The first-order chi connectivity index (χ1) is 11.9. The summed E-state index contributed by atoms with van der Waals surface area (Å²) < 4.78 is 8.68. The number of rotatable bonds is 3. The molecule has 2 aliphatic heterocycles. The number of piperidine rings is 2. The van der Waals surface area contributed by atoms with Gasteiger partial charge >= 0.3 is 11.9 Å². The molecule has 0 unspecified atom stereocenters. The number of nitrogens with zero attached hydrogens (tertiary/aromatic N) is 1. The van der Waals surface area contributed by atoms with Gasteiger partial charge in [-0.15, -0.1) is 0 Å². The number of hydrogen-bond acceptors (Lipinski definition) is 6. The van der Waals surface area contributed by atoms with E-state index in [4.69, 9.17) is 0 Å². The van der Waals surface area contributed by atoms with Crippen molar-refractivity contribution in [2.45, 2.75) is 46.0 Å². The first kappa shape index (κ1) is 26.6. The maximum absolute atomic E-state index is 11.2. The zero-order valence-corrected chi connectivity index (χ0v) is 16.4. The van der Waals surface area contributed by atoms with Crippen LogP contribution in [-0.4, -0.2) is 67.8 Å². The molecule has 0 bridgehead atoms. The lowest BCUT2D eigenvalue weighted by Crippen LogP contribution is -2.39. The van der Waals surface area contributed by atoms with Crippen molar-refractivity contribution in [2.75, 3.05) is 39.2 Å². The summed E-state index contributed by atoms with van der Waals surface area (Å²) in [6.07, 6.45) is 5.47. The molecule has 0 aromatic heterocycles. The second-order valence-corrected chi connectivity index (χ2v) is 5.93. The molecule has 0 saturated carbocycles. The van der Waals surface area contributed by atoms with Crippen LogP contribution in [-0.2, 0) is 28.7 Å². The molecule has 0 radical (unpaired) electrons. The molecule has 2 aliphatic rings. The Balaban J connectivity index is 0. The zero-order valence-electron chi connectivity index (χ0n) is 14.8. The van der Waals surface area contributed by atoms with Crippen molar-refractivity contribution in [1.82, 2.24) is 10.2 Å². The number of alkyl halides is 1. The highest BCUT2D eigenvalue weighted by Gasteiger charge is 2.20. The molecule has 8 nitrogen and oxygen atoms in total. The summed E-state index contributed by atoms with van der Waals surface area (Å²) >= 11 is 2.90. The Morgan fingerprint density at radius 2 is 1.65 bits per heavy atom. The number of nitrogens with one attached hydrogen (secondary N) is 1. The molecule has 0 aromatic rings. The van der Waals surface area contributed by atoms with Gasteiger partial charge in [0.2, 0.25) is 11.8 Å². The third-order valence-electron chi connectivity index (χ3n) is 3.46. The highest BCUT2D eigenvalue weighted by Crippen LogP contribution is 2.09. The standard InChI is InChI=1S/C8H13NO3.C5H9NO.C3H5BrO2.CH4/c1-12-8(11)6-9-5-3-2-4-7(9)10;7-5-3-1-2-4-6-5;1-6-3(5)2-4;/h2-6H2,1H3;1-4H2,(H,6,7);2H2,1H3;1H4. The second kappa shape index (κ2) is 16.8. The third kappa shape index (κ3) is 13.6. The van der Waals surface area contributed by atoms with Crippen molar-refractivity contribution < 1.29 is 28.7 Å². The fraction of sp³-hybridized carbons (Fsp3) is 0.765. The monoisotopic (exact) mass is 438 g/mol. The maximum atomic E-state index is 11.2. The van der Waals surface area contributed by atoms with Crippen LogP contribution in [0.15, 0.2) is 0 Å². The van der Waals surface area contributed by atoms with E-state index in [2.05, 4.69) is 30.7 Å². The minimum Gasteiger partial charge on any atom is -0.468 e. The topological polar surface area (TPSA) is 102 Å². The summed E-state index contributed by atoms with van der Waals surface area (Å²) in [7, 11) is 2.68. The molecule has 152 valence electrons.